The summed E-state index contributed by atoms with van der Waals surface area (Å²) in [5.41, 5.74) is 0.847. The molecule has 1 saturated heterocycles. The van der Waals surface area contributed by atoms with Crippen LogP contribution in [0.2, 0.25) is 0 Å². The Balaban J connectivity index is 1.40. The van der Waals surface area contributed by atoms with Crippen LogP contribution in [-0.2, 0) is 25.0 Å². The van der Waals surface area contributed by atoms with Gasteiger partial charge >= 0.3 is 0 Å². The molecule has 0 aromatic heterocycles. The zero-order chi connectivity index (χ0) is 21.9. The molecule has 0 spiro atoms. The number of amides is 1. The van der Waals surface area contributed by atoms with Gasteiger partial charge < -0.3 is 14.8 Å². The van der Waals surface area contributed by atoms with Crippen LogP contribution in [0.5, 0.6) is 5.75 Å². The molecule has 2 aromatic carbocycles. The number of rotatable bonds is 9. The predicted octanol–water partition coefficient (Wildman–Crippen LogP) is 3.21. The number of carbonyl (C=O) groups is 1. The first-order valence-corrected chi connectivity index (χ1v) is 12.2. The van der Waals surface area contributed by atoms with Crippen molar-refractivity contribution in [3.05, 3.63) is 54.1 Å². The van der Waals surface area contributed by atoms with E-state index in [1.807, 2.05) is 19.1 Å². The molecule has 4 rings (SSSR count). The smallest absolute Gasteiger partial charge is 0.261 e. The summed E-state index contributed by atoms with van der Waals surface area (Å²) in [5, 5.41) is 3.03. The molecule has 0 bridgehead atoms. The van der Waals surface area contributed by atoms with Crippen molar-refractivity contribution in [2.45, 2.75) is 49.0 Å². The molecule has 1 aliphatic heterocycles. The van der Waals surface area contributed by atoms with Crippen molar-refractivity contribution in [3.63, 3.8) is 0 Å². The van der Waals surface area contributed by atoms with Crippen LogP contribution in [0.4, 0.5) is 5.69 Å². The standard InChI is InChI=1S/C23H28N2O5S/c1-2-29-19-9-11-21(12-10-19)31(27,28)25-18-7-5-17(6-8-18)23(13-14-23)22(26)24-16-20-4-3-15-30-20/h5-12,20,25H,2-4,13-16H2,1H3,(H,24,26)/t20-/m0/s1. The number of carbonyl (C=O) groups excluding carboxylic acids is 1. The van der Waals surface area contributed by atoms with Crippen LogP contribution in [0.1, 0.15) is 38.2 Å². The van der Waals surface area contributed by atoms with Crippen molar-refractivity contribution in [2.24, 2.45) is 0 Å². The highest BCUT2D eigenvalue weighted by molar-refractivity contribution is 7.92. The molecular weight excluding hydrogens is 416 g/mol. The molecule has 8 heteroatoms. The average Bonchev–Trinajstić information content (AvgIpc) is 3.41. The minimum absolute atomic E-state index is 0.0192. The van der Waals surface area contributed by atoms with Gasteiger partial charge in [0, 0.05) is 18.8 Å². The SMILES string of the molecule is CCOc1ccc(S(=O)(=O)Nc2ccc(C3(C(=O)NC[C@@H]4CCCO4)CC3)cc2)cc1. The van der Waals surface area contributed by atoms with Crippen LogP contribution in [0.25, 0.3) is 0 Å². The second kappa shape index (κ2) is 8.88. The third kappa shape index (κ3) is 4.85. The van der Waals surface area contributed by atoms with Crippen LogP contribution < -0.4 is 14.8 Å². The van der Waals surface area contributed by atoms with Crippen LogP contribution >= 0.6 is 0 Å². The van der Waals surface area contributed by atoms with Gasteiger partial charge in [0.05, 0.1) is 23.0 Å². The fourth-order valence-corrected chi connectivity index (χ4v) is 4.96. The summed E-state index contributed by atoms with van der Waals surface area (Å²) in [6.45, 7) is 3.69. The molecule has 2 N–H and O–H groups in total. The maximum absolute atomic E-state index is 12.8. The van der Waals surface area contributed by atoms with Gasteiger partial charge in [-0.3, -0.25) is 9.52 Å². The summed E-state index contributed by atoms with van der Waals surface area (Å²) in [5.74, 6) is 0.643. The summed E-state index contributed by atoms with van der Waals surface area (Å²) in [6.07, 6.45) is 3.72. The van der Waals surface area contributed by atoms with Crippen molar-refractivity contribution in [1.29, 1.82) is 0 Å². The molecule has 1 atom stereocenters. The molecule has 166 valence electrons. The third-order valence-corrected chi connectivity index (χ3v) is 7.23. The van der Waals surface area contributed by atoms with Gasteiger partial charge in [-0.25, -0.2) is 8.42 Å². The molecule has 1 aliphatic carbocycles. The highest BCUT2D eigenvalue weighted by Crippen LogP contribution is 2.48. The van der Waals surface area contributed by atoms with Crippen molar-refractivity contribution >= 4 is 21.6 Å². The molecule has 0 radical (unpaired) electrons. The number of ether oxygens (including phenoxy) is 2. The van der Waals surface area contributed by atoms with Crippen molar-refractivity contribution in [2.75, 3.05) is 24.5 Å². The Kier molecular flexibility index (Phi) is 6.20. The molecule has 1 saturated carbocycles. The third-order valence-electron chi connectivity index (χ3n) is 5.83. The Morgan fingerprint density at radius 1 is 1.13 bits per heavy atom. The molecule has 0 unspecified atom stereocenters. The summed E-state index contributed by atoms with van der Waals surface area (Å²) >= 11 is 0. The van der Waals surface area contributed by atoms with Crippen molar-refractivity contribution in [1.82, 2.24) is 5.32 Å². The number of hydrogen-bond acceptors (Lipinski definition) is 5. The first-order chi connectivity index (χ1) is 14.9. The van der Waals surface area contributed by atoms with Crippen LogP contribution in [0.3, 0.4) is 0 Å². The van der Waals surface area contributed by atoms with Gasteiger partial charge in [-0.15, -0.1) is 0 Å². The first-order valence-electron chi connectivity index (χ1n) is 10.7. The van der Waals surface area contributed by atoms with Crippen LogP contribution in [-0.4, -0.2) is 40.2 Å². The Morgan fingerprint density at radius 2 is 1.84 bits per heavy atom. The van der Waals surface area contributed by atoms with E-state index in [-0.39, 0.29) is 16.9 Å². The maximum atomic E-state index is 12.8. The Hall–Kier alpha value is -2.58. The molecule has 31 heavy (non-hydrogen) atoms. The van der Waals surface area contributed by atoms with E-state index in [9.17, 15) is 13.2 Å². The molecule has 7 nitrogen and oxygen atoms in total. The lowest BCUT2D eigenvalue weighted by molar-refractivity contribution is -0.124. The molecular formula is C23H28N2O5S. The second-order valence-electron chi connectivity index (χ2n) is 8.01. The molecule has 1 heterocycles. The van der Waals surface area contributed by atoms with Gasteiger partial charge in [-0.05, 0) is 74.6 Å². The van der Waals surface area contributed by atoms with E-state index >= 15 is 0 Å². The lowest BCUT2D eigenvalue weighted by Gasteiger charge is -2.18. The molecule has 2 aliphatic rings. The summed E-state index contributed by atoms with van der Waals surface area (Å²) in [6, 6.07) is 13.4. The van der Waals surface area contributed by atoms with Gasteiger partial charge in [-0.2, -0.15) is 0 Å². The molecule has 2 fully saturated rings. The number of sulfonamides is 1. The van der Waals surface area contributed by atoms with E-state index in [1.54, 1.807) is 24.3 Å². The minimum atomic E-state index is -3.71. The number of benzene rings is 2. The Morgan fingerprint density at radius 3 is 2.42 bits per heavy atom. The first kappa shape index (κ1) is 21.6. The fraction of sp³-hybridized carbons (Fsp3) is 0.435. The fourth-order valence-electron chi connectivity index (χ4n) is 3.91. The summed E-state index contributed by atoms with van der Waals surface area (Å²) < 4.78 is 38.8. The lowest BCUT2D eigenvalue weighted by atomic mass is 9.94. The van der Waals surface area contributed by atoms with E-state index in [0.717, 1.165) is 37.9 Å². The molecule has 1 amide bonds. The van der Waals surface area contributed by atoms with Gasteiger partial charge in [-0.1, -0.05) is 12.1 Å². The maximum Gasteiger partial charge on any atom is 0.261 e. The summed E-state index contributed by atoms with van der Waals surface area (Å²) in [7, 11) is -3.71. The van der Waals surface area contributed by atoms with Gasteiger partial charge in [0.2, 0.25) is 5.91 Å². The van der Waals surface area contributed by atoms with Gasteiger partial charge in [0.15, 0.2) is 0 Å². The zero-order valence-electron chi connectivity index (χ0n) is 17.6. The number of anilines is 1. The lowest BCUT2D eigenvalue weighted by Crippen LogP contribution is -2.39. The predicted molar refractivity (Wildman–Crippen MR) is 118 cm³/mol. The molecule has 2 aromatic rings. The zero-order valence-corrected chi connectivity index (χ0v) is 18.4. The van der Waals surface area contributed by atoms with Crippen molar-refractivity contribution in [3.8, 4) is 5.75 Å². The van der Waals surface area contributed by atoms with Crippen LogP contribution in [0, 0.1) is 0 Å². The van der Waals surface area contributed by atoms with Gasteiger partial charge in [0.25, 0.3) is 10.0 Å². The normalized spacial score (nSPS) is 19.6. The topological polar surface area (TPSA) is 93.7 Å². The average molecular weight is 445 g/mol. The van der Waals surface area contributed by atoms with E-state index in [4.69, 9.17) is 9.47 Å². The van der Waals surface area contributed by atoms with E-state index in [2.05, 4.69) is 10.0 Å². The second-order valence-corrected chi connectivity index (χ2v) is 9.70. The number of hydrogen-bond donors (Lipinski definition) is 2. The highest BCUT2D eigenvalue weighted by Gasteiger charge is 2.51. The largest absolute Gasteiger partial charge is 0.494 e. The minimum Gasteiger partial charge on any atom is -0.494 e. The van der Waals surface area contributed by atoms with Crippen molar-refractivity contribution < 1.29 is 22.7 Å². The van der Waals surface area contributed by atoms with Crippen LogP contribution in [0.15, 0.2) is 53.4 Å². The number of nitrogens with one attached hydrogen (secondary N) is 2. The van der Waals surface area contributed by atoms with E-state index in [0.29, 0.717) is 24.6 Å². The summed E-state index contributed by atoms with van der Waals surface area (Å²) in [4.78, 5) is 12.9. The Bertz CT molecular complexity index is 1010. The van der Waals surface area contributed by atoms with Gasteiger partial charge in [0.1, 0.15) is 5.75 Å². The Labute approximate surface area is 183 Å². The van der Waals surface area contributed by atoms with E-state index in [1.165, 1.54) is 12.1 Å². The monoisotopic (exact) mass is 444 g/mol. The highest BCUT2D eigenvalue weighted by atomic mass is 32.2. The quantitative estimate of drug-likeness (QED) is 0.619. The van der Waals surface area contributed by atoms with E-state index < -0.39 is 15.4 Å².